The van der Waals surface area contributed by atoms with E-state index in [-0.39, 0.29) is 0 Å². The van der Waals surface area contributed by atoms with Crippen molar-refractivity contribution in [3.8, 4) is 0 Å². The van der Waals surface area contributed by atoms with Crippen molar-refractivity contribution < 1.29 is 0 Å². The Morgan fingerprint density at radius 3 is 3.00 bits per heavy atom. The second-order valence-electron chi connectivity index (χ2n) is 2.59. The fraction of sp³-hybridized carbons (Fsp3) is 0.375. The van der Waals surface area contributed by atoms with Crippen LogP contribution >= 0.6 is 11.3 Å². The van der Waals surface area contributed by atoms with E-state index >= 15 is 0 Å². The summed E-state index contributed by atoms with van der Waals surface area (Å²) in [5.41, 5.74) is 1.03. The highest BCUT2D eigenvalue weighted by Gasteiger charge is 2.26. The van der Waals surface area contributed by atoms with E-state index in [1.165, 1.54) is 17.8 Å². The van der Waals surface area contributed by atoms with Crippen LogP contribution in [0.5, 0.6) is 0 Å². The second-order valence-corrected chi connectivity index (χ2v) is 3.48. The molecule has 2 rings (SSSR count). The summed E-state index contributed by atoms with van der Waals surface area (Å²) in [6.45, 7) is 3.67. The Bertz CT molecular complexity index is 248. The van der Waals surface area contributed by atoms with Crippen molar-refractivity contribution in [1.82, 2.24) is 4.98 Å². The smallest absolute Gasteiger partial charge is 0.0963 e. The molecule has 1 nitrogen and oxygen atoms in total. The van der Waals surface area contributed by atoms with E-state index in [1.807, 2.05) is 6.08 Å². The van der Waals surface area contributed by atoms with Gasteiger partial charge in [-0.15, -0.1) is 11.3 Å². The maximum Gasteiger partial charge on any atom is 0.0963 e. The maximum absolute atomic E-state index is 4.39. The highest BCUT2D eigenvalue weighted by molar-refractivity contribution is 7.09. The summed E-state index contributed by atoms with van der Waals surface area (Å²) in [5, 5.41) is 3.37. The molecule has 1 saturated carbocycles. The lowest BCUT2D eigenvalue weighted by Crippen LogP contribution is -1.75. The average Bonchev–Trinajstić information content (AvgIpc) is 2.70. The maximum atomic E-state index is 4.39. The Morgan fingerprint density at radius 2 is 2.50 bits per heavy atom. The highest BCUT2D eigenvalue weighted by Crippen LogP contribution is 2.41. The molecule has 0 bridgehead atoms. The van der Waals surface area contributed by atoms with Crippen LogP contribution in [0.3, 0.4) is 0 Å². The summed E-state index contributed by atoms with van der Waals surface area (Å²) < 4.78 is 0. The van der Waals surface area contributed by atoms with Crippen LogP contribution in [0, 0.1) is 0 Å². The van der Waals surface area contributed by atoms with E-state index < -0.39 is 0 Å². The van der Waals surface area contributed by atoms with E-state index in [4.69, 9.17) is 0 Å². The van der Waals surface area contributed by atoms with Crippen LogP contribution in [-0.2, 0) is 0 Å². The van der Waals surface area contributed by atoms with Gasteiger partial charge in [-0.3, -0.25) is 0 Å². The van der Waals surface area contributed by atoms with Crippen molar-refractivity contribution in [2.24, 2.45) is 0 Å². The van der Waals surface area contributed by atoms with Gasteiger partial charge in [-0.1, -0.05) is 6.58 Å². The quantitative estimate of drug-likeness (QED) is 0.633. The van der Waals surface area contributed by atoms with Crippen LogP contribution in [0.1, 0.15) is 29.5 Å². The molecule has 0 spiro atoms. The van der Waals surface area contributed by atoms with Crippen molar-refractivity contribution in [2.75, 3.05) is 0 Å². The minimum Gasteiger partial charge on any atom is -0.242 e. The number of rotatable bonds is 2. The van der Waals surface area contributed by atoms with Crippen LogP contribution in [0.2, 0.25) is 0 Å². The Morgan fingerprint density at radius 1 is 1.70 bits per heavy atom. The molecule has 1 aromatic rings. The van der Waals surface area contributed by atoms with Gasteiger partial charge in [-0.2, -0.15) is 0 Å². The molecule has 0 amide bonds. The molecule has 52 valence electrons. The fourth-order valence-electron chi connectivity index (χ4n) is 0.912. The number of aromatic nitrogens is 1. The molecule has 1 heterocycles. The van der Waals surface area contributed by atoms with E-state index in [0.29, 0.717) is 0 Å². The molecular weight excluding hydrogens is 142 g/mol. The van der Waals surface area contributed by atoms with E-state index in [9.17, 15) is 0 Å². The van der Waals surface area contributed by atoms with Gasteiger partial charge in [0.05, 0.1) is 10.7 Å². The Labute approximate surface area is 64.4 Å². The largest absolute Gasteiger partial charge is 0.242 e. The van der Waals surface area contributed by atoms with Gasteiger partial charge in [0.25, 0.3) is 0 Å². The molecule has 0 atom stereocenters. The summed E-state index contributed by atoms with van der Waals surface area (Å²) in [6.07, 6.45) is 4.48. The zero-order valence-electron chi connectivity index (χ0n) is 5.71. The highest BCUT2D eigenvalue weighted by atomic mass is 32.1. The first-order chi connectivity index (χ1) is 4.90. The van der Waals surface area contributed by atoms with Gasteiger partial charge in [0.15, 0.2) is 0 Å². The van der Waals surface area contributed by atoms with Gasteiger partial charge in [-0.25, -0.2) is 4.98 Å². The monoisotopic (exact) mass is 151 g/mol. The van der Waals surface area contributed by atoms with Gasteiger partial charge in [0.1, 0.15) is 0 Å². The number of hydrogen-bond acceptors (Lipinski definition) is 2. The van der Waals surface area contributed by atoms with Crippen LogP contribution < -0.4 is 0 Å². The van der Waals surface area contributed by atoms with Crippen LogP contribution in [-0.4, -0.2) is 4.98 Å². The number of nitrogens with zero attached hydrogens (tertiary/aromatic N) is 1. The van der Waals surface area contributed by atoms with Crippen molar-refractivity contribution in [3.05, 3.63) is 22.7 Å². The summed E-state index contributed by atoms with van der Waals surface area (Å²) >= 11 is 1.76. The van der Waals surface area contributed by atoms with Crippen LogP contribution in [0.15, 0.2) is 12.0 Å². The normalized spacial score (nSPS) is 17.2. The topological polar surface area (TPSA) is 12.9 Å². The standard InChI is InChI=1S/C8H9NS/c1-2-7-5-10-8(9-7)6-3-4-6/h2,5-6H,1,3-4H2. The summed E-state index contributed by atoms with van der Waals surface area (Å²) in [5.74, 6) is 0.790. The zero-order valence-corrected chi connectivity index (χ0v) is 6.53. The molecule has 0 unspecified atom stereocenters. The molecule has 10 heavy (non-hydrogen) atoms. The van der Waals surface area contributed by atoms with Gasteiger partial charge >= 0.3 is 0 Å². The van der Waals surface area contributed by atoms with Gasteiger partial charge < -0.3 is 0 Å². The molecule has 1 aliphatic carbocycles. The van der Waals surface area contributed by atoms with Gasteiger partial charge in [0, 0.05) is 11.3 Å². The third-order valence-corrected chi connectivity index (χ3v) is 2.70. The molecule has 1 fully saturated rings. The van der Waals surface area contributed by atoms with Crippen molar-refractivity contribution in [2.45, 2.75) is 18.8 Å². The Balaban J connectivity index is 2.26. The lowest BCUT2D eigenvalue weighted by molar-refractivity contribution is 1.08. The van der Waals surface area contributed by atoms with Crippen LogP contribution in [0.4, 0.5) is 0 Å². The predicted octanol–water partition coefficient (Wildman–Crippen LogP) is 2.66. The third-order valence-electron chi connectivity index (χ3n) is 1.68. The summed E-state index contributed by atoms with van der Waals surface area (Å²) in [6, 6.07) is 0. The second kappa shape index (κ2) is 2.20. The molecule has 1 aromatic heterocycles. The molecule has 0 saturated heterocycles. The predicted molar refractivity (Wildman–Crippen MR) is 44.2 cm³/mol. The number of hydrogen-bond donors (Lipinski definition) is 0. The summed E-state index contributed by atoms with van der Waals surface area (Å²) in [4.78, 5) is 4.39. The SMILES string of the molecule is C=Cc1csc(C2CC2)n1. The van der Waals surface area contributed by atoms with Crippen molar-refractivity contribution in [1.29, 1.82) is 0 Å². The van der Waals surface area contributed by atoms with Gasteiger partial charge in [-0.05, 0) is 18.9 Å². The third kappa shape index (κ3) is 0.991. The summed E-state index contributed by atoms with van der Waals surface area (Å²) in [7, 11) is 0. The van der Waals surface area contributed by atoms with E-state index in [2.05, 4.69) is 16.9 Å². The van der Waals surface area contributed by atoms with Crippen LogP contribution in [0.25, 0.3) is 6.08 Å². The lowest BCUT2D eigenvalue weighted by Gasteiger charge is -1.83. The molecule has 1 aliphatic rings. The minimum absolute atomic E-state index is 0.790. The van der Waals surface area contributed by atoms with Gasteiger partial charge in [0.2, 0.25) is 0 Å². The first-order valence-electron chi connectivity index (χ1n) is 3.48. The molecule has 0 radical (unpaired) electrons. The molecule has 0 aromatic carbocycles. The molecule has 0 N–H and O–H groups in total. The molecule has 0 aliphatic heterocycles. The first-order valence-corrected chi connectivity index (χ1v) is 4.36. The van der Waals surface area contributed by atoms with E-state index in [1.54, 1.807) is 11.3 Å². The first kappa shape index (κ1) is 6.10. The fourth-order valence-corrected chi connectivity index (χ4v) is 1.89. The van der Waals surface area contributed by atoms with Crippen molar-refractivity contribution >= 4 is 17.4 Å². The zero-order chi connectivity index (χ0) is 6.97. The molecule has 2 heteroatoms. The minimum atomic E-state index is 0.790. The lowest BCUT2D eigenvalue weighted by atomic mass is 10.4. The average molecular weight is 151 g/mol. The van der Waals surface area contributed by atoms with Crippen molar-refractivity contribution in [3.63, 3.8) is 0 Å². The Hall–Kier alpha value is -0.630. The Kier molecular flexibility index (Phi) is 1.34. The van der Waals surface area contributed by atoms with E-state index in [0.717, 1.165) is 11.6 Å². The number of thiazole rings is 1. The molecular formula is C8H9NS.